The van der Waals surface area contributed by atoms with Crippen LogP contribution in [0.3, 0.4) is 0 Å². The fourth-order valence-electron chi connectivity index (χ4n) is 4.69. The van der Waals surface area contributed by atoms with Gasteiger partial charge in [-0.1, -0.05) is 37.3 Å². The highest BCUT2D eigenvalue weighted by Crippen LogP contribution is 2.33. The topological polar surface area (TPSA) is 75.7 Å². The Balaban J connectivity index is 1.89. The summed E-state index contributed by atoms with van der Waals surface area (Å²) >= 11 is 0. The molecule has 1 fully saturated rings. The third-order valence-corrected chi connectivity index (χ3v) is 8.19. The molecule has 1 saturated heterocycles. The lowest BCUT2D eigenvalue weighted by Gasteiger charge is -2.48. The minimum absolute atomic E-state index is 0.120. The first-order valence-electron chi connectivity index (χ1n) is 11.1. The molecule has 174 valence electrons. The number of esters is 1. The van der Waals surface area contributed by atoms with Crippen LogP contribution in [0.5, 0.6) is 0 Å². The van der Waals surface area contributed by atoms with E-state index in [1.165, 1.54) is 7.11 Å². The van der Waals surface area contributed by atoms with Gasteiger partial charge in [-0.25, -0.2) is 4.79 Å². The molecule has 1 unspecified atom stereocenters. The summed E-state index contributed by atoms with van der Waals surface area (Å²) in [5.74, 6) is -0.418. The van der Waals surface area contributed by atoms with Crippen molar-refractivity contribution in [2.45, 2.75) is 45.8 Å². The van der Waals surface area contributed by atoms with Crippen LogP contribution in [-0.4, -0.2) is 58.1 Å². The highest BCUT2D eigenvalue weighted by Gasteiger charge is 2.51. The van der Waals surface area contributed by atoms with Crippen LogP contribution >= 0.6 is 0 Å². The summed E-state index contributed by atoms with van der Waals surface area (Å²) in [5.41, 5.74) is 1.98. The molecule has 3 rings (SSSR count). The van der Waals surface area contributed by atoms with Crippen LogP contribution in [-0.2, 0) is 21.5 Å². The molecule has 32 heavy (non-hydrogen) atoms. The lowest BCUT2D eigenvalue weighted by atomic mass is 10.1. The van der Waals surface area contributed by atoms with Gasteiger partial charge in [-0.05, 0) is 44.5 Å². The number of hydrogen-bond donors (Lipinski definition) is 1. The number of nitrogens with zero attached hydrogens (tertiary/aromatic N) is 2. The number of carbonyl (C=O) groups is 1. The van der Waals surface area contributed by atoms with E-state index < -0.39 is 16.2 Å². The van der Waals surface area contributed by atoms with E-state index >= 15 is 0 Å². The number of rotatable bonds is 8. The molecule has 1 heterocycles. The molecule has 0 amide bonds. The maximum absolute atomic E-state index is 13.8. The number of piperazine rings is 1. The largest absolute Gasteiger partial charge is 0.465 e. The van der Waals surface area contributed by atoms with E-state index in [9.17, 15) is 13.2 Å². The van der Waals surface area contributed by atoms with Gasteiger partial charge in [0, 0.05) is 18.7 Å². The Morgan fingerprint density at radius 3 is 2.19 bits per heavy atom. The maximum Gasteiger partial charge on any atom is 0.375 e. The molecule has 0 aromatic heterocycles. The molecule has 0 spiro atoms. The number of quaternary nitrogens is 1. The second kappa shape index (κ2) is 10.1. The highest BCUT2D eigenvalue weighted by atomic mass is 32.2. The van der Waals surface area contributed by atoms with Gasteiger partial charge >= 0.3 is 16.2 Å². The van der Waals surface area contributed by atoms with Crippen molar-refractivity contribution in [3.05, 3.63) is 65.7 Å². The molecule has 0 radical (unpaired) electrons. The summed E-state index contributed by atoms with van der Waals surface area (Å²) in [6, 6.07) is 16.5. The molecule has 2 aromatic rings. The number of benzene rings is 2. The van der Waals surface area contributed by atoms with Crippen LogP contribution in [0.4, 0.5) is 5.69 Å². The summed E-state index contributed by atoms with van der Waals surface area (Å²) in [6.45, 7) is 8.44. The monoisotopic (exact) mass is 460 g/mol. The quantitative estimate of drug-likeness (QED) is 0.483. The third kappa shape index (κ3) is 4.88. The zero-order chi connectivity index (χ0) is 23.4. The van der Waals surface area contributed by atoms with Gasteiger partial charge in [0.15, 0.2) is 0 Å². The predicted molar refractivity (Wildman–Crippen MR) is 127 cm³/mol. The van der Waals surface area contributed by atoms with Crippen LogP contribution in [0.2, 0.25) is 0 Å². The van der Waals surface area contributed by atoms with E-state index in [0.29, 0.717) is 18.7 Å². The van der Waals surface area contributed by atoms with Crippen molar-refractivity contribution in [3.63, 3.8) is 0 Å². The van der Waals surface area contributed by atoms with E-state index in [2.05, 4.69) is 30.4 Å². The van der Waals surface area contributed by atoms with Gasteiger partial charge in [-0.2, -0.15) is 17.0 Å². The van der Waals surface area contributed by atoms with Crippen LogP contribution in [0.15, 0.2) is 54.6 Å². The molecule has 1 N–H and O–H groups in total. The Hall–Kier alpha value is -2.26. The predicted octanol–water partition coefficient (Wildman–Crippen LogP) is 3.32. The van der Waals surface area contributed by atoms with Crippen LogP contribution in [0, 0.1) is 0 Å². The minimum atomic E-state index is -3.76. The summed E-state index contributed by atoms with van der Waals surface area (Å²) in [7, 11) is -2.43. The van der Waals surface area contributed by atoms with Crippen molar-refractivity contribution in [1.29, 1.82) is 0 Å². The standard InChI is InChI=1S/C24H34N3O4S/c1-5-15-26-19(2)17-27(18-20(26)3,23-9-7-6-8-10-23)32(29,30)25-16-21-11-13-22(14-12-21)24(28)31-4/h6-14,19-20,25H,5,15-18H2,1-4H3/q+1/t19-,20+,27?. The first-order valence-corrected chi connectivity index (χ1v) is 12.5. The Morgan fingerprint density at radius 1 is 1.06 bits per heavy atom. The first kappa shape index (κ1) is 24.4. The number of ether oxygens (including phenoxy) is 1. The fraction of sp³-hybridized carbons (Fsp3) is 0.458. The zero-order valence-corrected chi connectivity index (χ0v) is 20.1. The molecule has 3 atom stereocenters. The molecule has 0 saturated carbocycles. The number of nitrogens with one attached hydrogen (secondary N) is 1. The van der Waals surface area contributed by atoms with Gasteiger partial charge < -0.3 is 4.74 Å². The smallest absolute Gasteiger partial charge is 0.375 e. The third-order valence-electron chi connectivity index (χ3n) is 6.25. The Bertz CT molecular complexity index is 997. The van der Waals surface area contributed by atoms with Gasteiger partial charge in [-0.3, -0.25) is 4.90 Å². The summed E-state index contributed by atoms with van der Waals surface area (Å²) < 4.78 is 35.1. The fourth-order valence-corrected chi connectivity index (χ4v) is 6.51. The normalized spacial score (nSPS) is 24.2. The SMILES string of the molecule is CCCN1[C@H](C)C[N+](c2ccccc2)(S(=O)(=O)NCc2ccc(C(=O)OC)cc2)C[C@@H]1C. The van der Waals surface area contributed by atoms with Crippen molar-refractivity contribution in [2.24, 2.45) is 0 Å². The summed E-state index contributed by atoms with van der Waals surface area (Å²) in [5, 5.41) is 0. The maximum atomic E-state index is 13.8. The first-order chi connectivity index (χ1) is 15.2. The second-order valence-electron chi connectivity index (χ2n) is 8.51. The van der Waals surface area contributed by atoms with E-state index in [-0.39, 0.29) is 22.5 Å². The van der Waals surface area contributed by atoms with Crippen molar-refractivity contribution >= 4 is 21.9 Å². The average Bonchev–Trinajstić information content (AvgIpc) is 2.80. The molecule has 8 heteroatoms. The van der Waals surface area contributed by atoms with Gasteiger partial charge in [0.25, 0.3) is 0 Å². The van der Waals surface area contributed by atoms with Gasteiger partial charge in [0.1, 0.15) is 18.8 Å². The van der Waals surface area contributed by atoms with Gasteiger partial charge in [0.2, 0.25) is 0 Å². The molecular formula is C24H34N3O4S+. The van der Waals surface area contributed by atoms with Crippen LogP contribution < -0.4 is 8.61 Å². The lowest BCUT2D eigenvalue weighted by molar-refractivity contribution is 0.0600. The van der Waals surface area contributed by atoms with Gasteiger partial charge in [-0.15, -0.1) is 0 Å². The van der Waals surface area contributed by atoms with E-state index in [1.807, 2.05) is 30.3 Å². The number of para-hydroxylation sites is 1. The molecule has 1 aliphatic heterocycles. The molecule has 0 aliphatic carbocycles. The summed E-state index contributed by atoms with van der Waals surface area (Å²) in [4.78, 5) is 14.0. The van der Waals surface area contributed by atoms with E-state index in [1.54, 1.807) is 24.3 Å². The minimum Gasteiger partial charge on any atom is -0.465 e. The lowest BCUT2D eigenvalue weighted by Crippen LogP contribution is -2.71. The second-order valence-corrected chi connectivity index (χ2v) is 10.4. The Labute approximate surface area is 191 Å². The van der Waals surface area contributed by atoms with Crippen LogP contribution in [0.25, 0.3) is 0 Å². The highest BCUT2D eigenvalue weighted by molar-refractivity contribution is 7.89. The summed E-state index contributed by atoms with van der Waals surface area (Å²) in [6.07, 6.45) is 1.03. The van der Waals surface area contributed by atoms with Gasteiger partial charge in [0.05, 0.1) is 24.8 Å². The average molecular weight is 461 g/mol. The number of hydrogen-bond acceptors (Lipinski definition) is 5. The number of carbonyl (C=O) groups excluding carboxylic acids is 1. The Kier molecular flexibility index (Phi) is 7.71. The molecule has 0 bridgehead atoms. The number of methoxy groups -OCH3 is 1. The van der Waals surface area contributed by atoms with E-state index in [4.69, 9.17) is 4.74 Å². The molecule has 7 nitrogen and oxygen atoms in total. The van der Waals surface area contributed by atoms with E-state index in [0.717, 1.165) is 24.2 Å². The van der Waals surface area contributed by atoms with Crippen molar-refractivity contribution in [1.82, 2.24) is 13.5 Å². The zero-order valence-electron chi connectivity index (χ0n) is 19.3. The van der Waals surface area contributed by atoms with Crippen molar-refractivity contribution < 1.29 is 17.9 Å². The molecule has 1 aliphatic rings. The van der Waals surface area contributed by atoms with Crippen molar-refractivity contribution in [2.75, 3.05) is 26.7 Å². The Morgan fingerprint density at radius 2 is 1.66 bits per heavy atom. The van der Waals surface area contributed by atoms with Crippen molar-refractivity contribution in [3.8, 4) is 0 Å². The molecular weight excluding hydrogens is 426 g/mol. The molecule has 2 aromatic carbocycles. The van der Waals surface area contributed by atoms with Crippen LogP contribution in [0.1, 0.15) is 43.1 Å².